The van der Waals surface area contributed by atoms with Crippen LogP contribution in [0, 0.1) is 0 Å². The van der Waals surface area contributed by atoms with Gasteiger partial charge in [0.2, 0.25) is 17.8 Å². The highest BCUT2D eigenvalue weighted by Gasteiger charge is 2.17. The van der Waals surface area contributed by atoms with Crippen LogP contribution in [-0.4, -0.2) is 83.9 Å². The van der Waals surface area contributed by atoms with Gasteiger partial charge in [-0.1, -0.05) is 5.04 Å². The summed E-state index contributed by atoms with van der Waals surface area (Å²) >= 11 is 0.822. The average molecular weight is 795 g/mol. The molecule has 0 fully saturated rings. The molecule has 22 heteroatoms. The lowest BCUT2D eigenvalue weighted by atomic mass is 10.2. The van der Waals surface area contributed by atoms with Gasteiger partial charge in [0.15, 0.2) is 0 Å². The van der Waals surface area contributed by atoms with Crippen molar-refractivity contribution in [3.8, 4) is 11.5 Å². The first-order chi connectivity index (χ1) is 26.6. The number of hydrogen-bond acceptors (Lipinski definition) is 20. The van der Waals surface area contributed by atoms with Gasteiger partial charge in [0.25, 0.3) is 10.1 Å². The maximum absolute atomic E-state index is 11.3. The molecule has 0 spiro atoms. The molecule has 0 aliphatic heterocycles. The van der Waals surface area contributed by atoms with E-state index in [-0.39, 0.29) is 49.0 Å². The number of nitrogens with one attached hydrogen (secondary N) is 2. The first-order valence-electron chi connectivity index (χ1n) is 15.9. The molecular formula is C33H34N10O10S2. The number of nitrogens with zero attached hydrogens (tertiary/aromatic N) is 8. The van der Waals surface area contributed by atoms with E-state index in [1.54, 1.807) is 65.6 Å². The van der Waals surface area contributed by atoms with Crippen molar-refractivity contribution in [3.63, 3.8) is 0 Å². The second-order valence-electron chi connectivity index (χ2n) is 10.8. The van der Waals surface area contributed by atoms with E-state index in [4.69, 9.17) is 14.7 Å². The molecule has 1 aromatic heterocycles. The summed E-state index contributed by atoms with van der Waals surface area (Å²) in [5.41, 5.74) is 2.73. The summed E-state index contributed by atoms with van der Waals surface area (Å²) in [5.74, 6) is 1.08. The van der Waals surface area contributed by atoms with E-state index in [2.05, 4.69) is 55.4 Å². The molecule has 0 saturated carbocycles. The van der Waals surface area contributed by atoms with Crippen LogP contribution in [-0.2, 0) is 19.5 Å². The highest BCUT2D eigenvalue weighted by Crippen LogP contribution is 2.35. The molecule has 0 bridgehead atoms. The Kier molecular flexibility index (Phi) is 14.3. The van der Waals surface area contributed by atoms with E-state index in [0.717, 1.165) is 12.0 Å². The standard InChI is InChI=1S/C33H34N10O10S2/c1-50-29-19-23(41-39-21-3-9-25(10-4-21)54-53-52-46)7-13-27(29)34-31-36-32(38-33(37-31)43(15-17-44)16-18-45)35-28-14-8-24(20-30(28)51-2)42-40-22-5-11-26(12-6-22)55(47,48)49/h3-14,19-20,44-46H,15-18H2,1-2H3,(H,47,48,49)(H2,34,35,36,37,38). The summed E-state index contributed by atoms with van der Waals surface area (Å²) in [7, 11) is -1.39. The van der Waals surface area contributed by atoms with E-state index in [9.17, 15) is 23.2 Å². The Labute approximate surface area is 318 Å². The van der Waals surface area contributed by atoms with E-state index in [1.165, 1.54) is 38.5 Å². The summed E-state index contributed by atoms with van der Waals surface area (Å²) in [6.07, 6.45) is 0. The third kappa shape index (κ3) is 11.6. The molecule has 0 aliphatic rings. The van der Waals surface area contributed by atoms with Crippen LogP contribution in [0.4, 0.5) is 52.0 Å². The molecule has 0 radical (unpaired) electrons. The minimum absolute atomic E-state index is 0.0873. The number of aliphatic hydroxyl groups is 2. The van der Waals surface area contributed by atoms with Crippen molar-refractivity contribution in [2.45, 2.75) is 9.79 Å². The molecule has 55 heavy (non-hydrogen) atoms. The fourth-order valence-electron chi connectivity index (χ4n) is 4.64. The van der Waals surface area contributed by atoms with Gasteiger partial charge in [0, 0.05) is 30.1 Å². The third-order valence-corrected chi connectivity index (χ3v) is 8.66. The summed E-state index contributed by atoms with van der Waals surface area (Å²) < 4.78 is 47.4. The quantitative estimate of drug-likeness (QED) is 0.0167. The number of hydrogen-bond donors (Lipinski definition) is 6. The van der Waals surface area contributed by atoms with Crippen molar-refractivity contribution in [2.75, 3.05) is 56.1 Å². The van der Waals surface area contributed by atoms with Gasteiger partial charge in [0.05, 0.1) is 78.5 Å². The van der Waals surface area contributed by atoms with Crippen LogP contribution in [0.5, 0.6) is 11.5 Å². The molecule has 0 amide bonds. The van der Waals surface area contributed by atoms with Gasteiger partial charge < -0.3 is 35.2 Å². The normalized spacial score (nSPS) is 11.6. The molecule has 6 N–H and O–H groups in total. The number of benzene rings is 4. The van der Waals surface area contributed by atoms with E-state index < -0.39 is 10.1 Å². The number of aromatic nitrogens is 3. The van der Waals surface area contributed by atoms with Crippen LogP contribution >= 0.6 is 12.0 Å². The lowest BCUT2D eigenvalue weighted by Crippen LogP contribution is -2.31. The first-order valence-corrected chi connectivity index (χ1v) is 18.1. The molecule has 0 atom stereocenters. The number of methoxy groups -OCH3 is 2. The lowest BCUT2D eigenvalue weighted by Gasteiger charge is -2.22. The molecule has 5 aromatic rings. The first kappa shape index (κ1) is 40.3. The van der Waals surface area contributed by atoms with Crippen LogP contribution in [0.25, 0.3) is 0 Å². The number of rotatable bonds is 19. The van der Waals surface area contributed by atoms with Crippen LogP contribution in [0.15, 0.2) is 115 Å². The Hall–Kier alpha value is -5.85. The van der Waals surface area contributed by atoms with E-state index in [1.807, 2.05) is 0 Å². The average Bonchev–Trinajstić information content (AvgIpc) is 3.19. The highest BCUT2D eigenvalue weighted by atomic mass is 32.2. The predicted octanol–water partition coefficient (Wildman–Crippen LogP) is 6.67. The highest BCUT2D eigenvalue weighted by molar-refractivity contribution is 7.94. The lowest BCUT2D eigenvalue weighted by molar-refractivity contribution is -0.432. The largest absolute Gasteiger partial charge is 0.494 e. The van der Waals surface area contributed by atoms with Crippen molar-refractivity contribution in [3.05, 3.63) is 84.9 Å². The maximum atomic E-state index is 11.3. The van der Waals surface area contributed by atoms with Crippen LogP contribution in [0.2, 0.25) is 0 Å². The van der Waals surface area contributed by atoms with Crippen molar-refractivity contribution in [1.82, 2.24) is 15.0 Å². The van der Waals surface area contributed by atoms with Crippen molar-refractivity contribution in [2.24, 2.45) is 20.5 Å². The minimum Gasteiger partial charge on any atom is -0.494 e. The summed E-state index contributed by atoms with van der Waals surface area (Å²) in [6.45, 7) is -0.210. The minimum atomic E-state index is -4.34. The zero-order chi connectivity index (χ0) is 39.2. The van der Waals surface area contributed by atoms with Gasteiger partial charge in [-0.15, -0.1) is 4.33 Å². The molecule has 1 heterocycles. The van der Waals surface area contributed by atoms with Gasteiger partial charge in [-0.3, -0.25) is 4.55 Å². The third-order valence-electron chi connectivity index (χ3n) is 7.20. The van der Waals surface area contributed by atoms with Crippen LogP contribution in [0.1, 0.15) is 0 Å². The summed E-state index contributed by atoms with van der Waals surface area (Å²) in [5, 5.41) is 54.4. The molecule has 288 valence electrons. The van der Waals surface area contributed by atoms with Crippen molar-refractivity contribution in [1.29, 1.82) is 0 Å². The molecule has 0 aliphatic carbocycles. The van der Waals surface area contributed by atoms with Crippen LogP contribution < -0.4 is 25.0 Å². The summed E-state index contributed by atoms with van der Waals surface area (Å²) in [4.78, 5) is 15.6. The fourth-order valence-corrected chi connectivity index (χ4v) is 5.48. The van der Waals surface area contributed by atoms with Crippen molar-refractivity contribution >= 4 is 74.1 Å². The Morgan fingerprint density at radius 3 is 1.58 bits per heavy atom. The Bertz CT molecular complexity index is 2210. The van der Waals surface area contributed by atoms with Crippen molar-refractivity contribution < 1.29 is 47.3 Å². The Morgan fingerprint density at radius 2 is 1.15 bits per heavy atom. The molecule has 20 nitrogen and oxygen atoms in total. The monoisotopic (exact) mass is 794 g/mol. The summed E-state index contributed by atoms with van der Waals surface area (Å²) in [6, 6.07) is 22.0. The number of aliphatic hydroxyl groups excluding tert-OH is 2. The topological polar surface area (TPSA) is 267 Å². The molecular weight excluding hydrogens is 761 g/mol. The SMILES string of the molecule is COc1cc(N=Nc2ccc(SOOO)cc2)ccc1Nc1nc(Nc2ccc(N=Nc3ccc(S(=O)(=O)O)cc3)cc2OC)nc(N(CCO)CCO)n1. The fraction of sp³-hybridized carbons (Fsp3) is 0.182. The Morgan fingerprint density at radius 1 is 0.691 bits per heavy atom. The second-order valence-corrected chi connectivity index (χ2v) is 13.0. The number of anilines is 5. The smallest absolute Gasteiger partial charge is 0.294 e. The molecule has 0 saturated heterocycles. The van der Waals surface area contributed by atoms with Crippen LogP contribution in [0.3, 0.4) is 0 Å². The number of ether oxygens (including phenoxy) is 2. The zero-order valence-electron chi connectivity index (χ0n) is 29.0. The van der Waals surface area contributed by atoms with E-state index >= 15 is 0 Å². The van der Waals surface area contributed by atoms with E-state index in [0.29, 0.717) is 50.5 Å². The second kappa shape index (κ2) is 19.5. The molecule has 4 aromatic carbocycles. The molecule has 5 rings (SSSR count). The molecule has 0 unspecified atom stereocenters. The maximum Gasteiger partial charge on any atom is 0.294 e. The van der Waals surface area contributed by atoms with Gasteiger partial charge >= 0.3 is 0 Å². The van der Waals surface area contributed by atoms with Gasteiger partial charge in [0.1, 0.15) is 11.5 Å². The van der Waals surface area contributed by atoms with Gasteiger partial charge in [-0.05, 0) is 72.8 Å². The predicted molar refractivity (Wildman–Crippen MR) is 200 cm³/mol. The number of azo groups is 2. The zero-order valence-corrected chi connectivity index (χ0v) is 30.7. The Balaban J connectivity index is 1.38. The van der Waals surface area contributed by atoms with Gasteiger partial charge in [-0.25, -0.2) is 5.26 Å². The van der Waals surface area contributed by atoms with Gasteiger partial charge in [-0.2, -0.15) is 43.8 Å².